The van der Waals surface area contributed by atoms with E-state index in [4.69, 9.17) is 0 Å². The molecule has 0 aliphatic carbocycles. The summed E-state index contributed by atoms with van der Waals surface area (Å²) in [4.78, 5) is 13.1. The van der Waals surface area contributed by atoms with Crippen molar-refractivity contribution in [2.75, 3.05) is 37.0 Å². The number of hydrogen-bond acceptors (Lipinski definition) is 6. The molecule has 0 radical (unpaired) electrons. The van der Waals surface area contributed by atoms with Crippen LogP contribution in [0.1, 0.15) is 24.1 Å². The Hall–Kier alpha value is -2.15. The standard InChI is InChI=1S/C17H27N7/c1-13-15(16(22(2)3)23(4)21-13)12-20-14-6-10-24(11-7-14)17-18-8-5-9-19-17/h5,8-9,14,20H,6-7,10-12H2,1-4H3. The summed E-state index contributed by atoms with van der Waals surface area (Å²) in [7, 11) is 6.14. The molecule has 3 heterocycles. The van der Waals surface area contributed by atoms with Crippen molar-refractivity contribution < 1.29 is 0 Å². The number of nitrogens with one attached hydrogen (secondary N) is 1. The van der Waals surface area contributed by atoms with Crippen molar-refractivity contribution in [1.29, 1.82) is 0 Å². The number of aromatic nitrogens is 4. The number of rotatable bonds is 5. The molecule has 0 aromatic carbocycles. The van der Waals surface area contributed by atoms with Gasteiger partial charge in [0.25, 0.3) is 0 Å². The first-order valence-corrected chi connectivity index (χ1v) is 8.51. The molecule has 0 unspecified atom stereocenters. The Morgan fingerprint density at radius 1 is 1.21 bits per heavy atom. The highest BCUT2D eigenvalue weighted by atomic mass is 15.4. The van der Waals surface area contributed by atoms with E-state index in [2.05, 4.69) is 51.2 Å². The van der Waals surface area contributed by atoms with Crippen molar-refractivity contribution in [3.63, 3.8) is 0 Å². The van der Waals surface area contributed by atoms with Crippen LogP contribution in [0.4, 0.5) is 11.8 Å². The lowest BCUT2D eigenvalue weighted by Gasteiger charge is -2.32. The Labute approximate surface area is 143 Å². The molecule has 3 rings (SSSR count). The van der Waals surface area contributed by atoms with Crippen LogP contribution in [0.3, 0.4) is 0 Å². The molecule has 0 atom stereocenters. The molecule has 2 aromatic heterocycles. The first-order chi connectivity index (χ1) is 11.6. The van der Waals surface area contributed by atoms with Crippen LogP contribution in [0.25, 0.3) is 0 Å². The summed E-state index contributed by atoms with van der Waals surface area (Å²) in [5, 5.41) is 8.27. The molecule has 0 amide bonds. The van der Waals surface area contributed by atoms with Gasteiger partial charge < -0.3 is 15.1 Å². The van der Waals surface area contributed by atoms with Crippen molar-refractivity contribution in [1.82, 2.24) is 25.1 Å². The average molecular weight is 329 g/mol. The summed E-state index contributed by atoms with van der Waals surface area (Å²) in [6.45, 7) is 4.93. The number of aryl methyl sites for hydroxylation is 2. The lowest BCUT2D eigenvalue weighted by Crippen LogP contribution is -2.43. The summed E-state index contributed by atoms with van der Waals surface area (Å²) in [5.41, 5.74) is 2.39. The molecule has 0 bridgehead atoms. The molecule has 0 spiro atoms. The summed E-state index contributed by atoms with van der Waals surface area (Å²) < 4.78 is 1.96. The fourth-order valence-corrected chi connectivity index (χ4v) is 3.44. The van der Waals surface area contributed by atoms with E-state index < -0.39 is 0 Å². The molecule has 1 aliphatic rings. The van der Waals surface area contributed by atoms with Crippen LogP contribution in [-0.4, -0.2) is 53.0 Å². The quantitative estimate of drug-likeness (QED) is 0.893. The number of nitrogens with zero attached hydrogens (tertiary/aromatic N) is 6. The van der Waals surface area contributed by atoms with Crippen LogP contribution >= 0.6 is 0 Å². The highest BCUT2D eigenvalue weighted by Crippen LogP contribution is 2.22. The molecule has 2 aromatic rings. The first kappa shape index (κ1) is 16.7. The SMILES string of the molecule is Cc1nn(C)c(N(C)C)c1CNC1CCN(c2ncccn2)CC1. The molecule has 1 saturated heterocycles. The maximum absolute atomic E-state index is 4.56. The molecular weight excluding hydrogens is 302 g/mol. The van der Waals surface area contributed by atoms with Gasteiger partial charge in [0.2, 0.25) is 5.95 Å². The molecule has 7 heteroatoms. The second-order valence-corrected chi connectivity index (χ2v) is 6.60. The highest BCUT2D eigenvalue weighted by molar-refractivity contribution is 5.48. The van der Waals surface area contributed by atoms with Crippen molar-refractivity contribution >= 4 is 11.8 Å². The van der Waals surface area contributed by atoms with E-state index >= 15 is 0 Å². The number of anilines is 2. The van der Waals surface area contributed by atoms with E-state index in [0.29, 0.717) is 6.04 Å². The van der Waals surface area contributed by atoms with Gasteiger partial charge in [-0.05, 0) is 25.8 Å². The van der Waals surface area contributed by atoms with Crippen molar-refractivity contribution in [3.05, 3.63) is 29.7 Å². The van der Waals surface area contributed by atoms with Crippen LogP contribution in [-0.2, 0) is 13.6 Å². The van der Waals surface area contributed by atoms with Gasteiger partial charge in [-0.15, -0.1) is 0 Å². The summed E-state index contributed by atoms with van der Waals surface area (Å²) in [5.74, 6) is 2.02. The van der Waals surface area contributed by atoms with Crippen LogP contribution in [0.2, 0.25) is 0 Å². The van der Waals surface area contributed by atoms with Crippen LogP contribution in [0.5, 0.6) is 0 Å². The zero-order valence-electron chi connectivity index (χ0n) is 15.0. The average Bonchev–Trinajstić information content (AvgIpc) is 2.88. The predicted molar refractivity (Wildman–Crippen MR) is 96.4 cm³/mol. The van der Waals surface area contributed by atoms with Gasteiger partial charge in [-0.3, -0.25) is 4.68 Å². The Morgan fingerprint density at radius 2 is 1.88 bits per heavy atom. The molecule has 7 nitrogen and oxygen atoms in total. The first-order valence-electron chi connectivity index (χ1n) is 8.51. The highest BCUT2D eigenvalue weighted by Gasteiger charge is 2.22. The van der Waals surface area contributed by atoms with E-state index in [-0.39, 0.29) is 0 Å². The second-order valence-electron chi connectivity index (χ2n) is 6.60. The van der Waals surface area contributed by atoms with E-state index in [9.17, 15) is 0 Å². The number of hydrogen-bond donors (Lipinski definition) is 1. The topological polar surface area (TPSA) is 62.1 Å². The molecule has 24 heavy (non-hydrogen) atoms. The van der Waals surface area contributed by atoms with Crippen molar-refractivity contribution in [2.45, 2.75) is 32.4 Å². The zero-order chi connectivity index (χ0) is 17.1. The monoisotopic (exact) mass is 329 g/mol. The van der Waals surface area contributed by atoms with Gasteiger partial charge >= 0.3 is 0 Å². The van der Waals surface area contributed by atoms with E-state index in [1.165, 1.54) is 11.4 Å². The van der Waals surface area contributed by atoms with Gasteiger partial charge in [0.1, 0.15) is 5.82 Å². The zero-order valence-corrected chi connectivity index (χ0v) is 15.0. The minimum Gasteiger partial charge on any atom is -0.363 e. The fourth-order valence-electron chi connectivity index (χ4n) is 3.44. The second kappa shape index (κ2) is 7.17. The van der Waals surface area contributed by atoms with E-state index in [1.807, 2.05) is 17.8 Å². The lowest BCUT2D eigenvalue weighted by atomic mass is 10.0. The third-order valence-corrected chi connectivity index (χ3v) is 4.63. The van der Waals surface area contributed by atoms with Gasteiger partial charge in [0, 0.05) is 64.8 Å². The predicted octanol–water partition coefficient (Wildman–Crippen LogP) is 1.34. The van der Waals surface area contributed by atoms with Gasteiger partial charge in [-0.25, -0.2) is 9.97 Å². The fraction of sp³-hybridized carbons (Fsp3) is 0.588. The normalized spacial score (nSPS) is 15.8. The minimum absolute atomic E-state index is 0.527. The molecule has 1 fully saturated rings. The van der Waals surface area contributed by atoms with Crippen LogP contribution < -0.4 is 15.1 Å². The smallest absolute Gasteiger partial charge is 0.225 e. The van der Waals surface area contributed by atoms with Crippen molar-refractivity contribution in [3.8, 4) is 0 Å². The molecule has 130 valence electrons. The minimum atomic E-state index is 0.527. The van der Waals surface area contributed by atoms with E-state index in [1.54, 1.807) is 12.4 Å². The van der Waals surface area contributed by atoms with Crippen LogP contribution in [0, 0.1) is 6.92 Å². The van der Waals surface area contributed by atoms with Gasteiger partial charge in [-0.1, -0.05) is 0 Å². The third kappa shape index (κ3) is 3.51. The maximum atomic E-state index is 4.56. The van der Waals surface area contributed by atoms with Crippen LogP contribution in [0.15, 0.2) is 18.5 Å². The van der Waals surface area contributed by atoms with Gasteiger partial charge in [0.05, 0.1) is 5.69 Å². The molecule has 1 N–H and O–H groups in total. The van der Waals surface area contributed by atoms with Gasteiger partial charge in [0.15, 0.2) is 0 Å². The summed E-state index contributed by atoms with van der Waals surface area (Å²) in [6.07, 6.45) is 5.82. The lowest BCUT2D eigenvalue weighted by molar-refractivity contribution is 0.411. The molecular formula is C17H27N7. The van der Waals surface area contributed by atoms with Gasteiger partial charge in [-0.2, -0.15) is 5.10 Å². The summed E-state index contributed by atoms with van der Waals surface area (Å²) in [6, 6.07) is 2.38. The van der Waals surface area contributed by atoms with Crippen molar-refractivity contribution in [2.24, 2.45) is 7.05 Å². The Balaban J connectivity index is 1.56. The molecule has 0 saturated carbocycles. The van der Waals surface area contributed by atoms with E-state index in [0.717, 1.165) is 44.1 Å². The largest absolute Gasteiger partial charge is 0.363 e. The Morgan fingerprint density at radius 3 is 2.50 bits per heavy atom. The molecule has 1 aliphatic heterocycles. The third-order valence-electron chi connectivity index (χ3n) is 4.63. The summed E-state index contributed by atoms with van der Waals surface area (Å²) >= 11 is 0. The Bertz CT molecular complexity index is 657. The Kier molecular flexibility index (Phi) is 4.99. The number of piperidine rings is 1. The maximum Gasteiger partial charge on any atom is 0.225 e.